The lowest BCUT2D eigenvalue weighted by Gasteiger charge is -2.09. The number of benzene rings is 1. The summed E-state index contributed by atoms with van der Waals surface area (Å²) in [6.07, 6.45) is -0.0203. The number of nitriles is 1. The lowest BCUT2D eigenvalue weighted by Crippen LogP contribution is -1.96. The Morgan fingerprint density at radius 1 is 1.64 bits per heavy atom. The lowest BCUT2D eigenvalue weighted by atomic mass is 10.1. The molecule has 0 saturated heterocycles. The van der Waals surface area contributed by atoms with Gasteiger partial charge in [-0.05, 0) is 18.6 Å². The first-order valence-electron chi connectivity index (χ1n) is 4.03. The lowest BCUT2D eigenvalue weighted by molar-refractivity contribution is 0.360. The third-order valence-electron chi connectivity index (χ3n) is 1.93. The molecule has 74 valence electrons. The number of phenolic OH excluding ortho intramolecular Hbond substituents is 1. The summed E-state index contributed by atoms with van der Waals surface area (Å²) >= 11 is 0. The van der Waals surface area contributed by atoms with Crippen molar-refractivity contribution in [3.63, 3.8) is 0 Å². The van der Waals surface area contributed by atoms with Crippen LogP contribution in [0.1, 0.15) is 11.1 Å². The molecule has 0 aromatic heterocycles. The van der Waals surface area contributed by atoms with Crippen LogP contribution in [0.3, 0.4) is 0 Å². The van der Waals surface area contributed by atoms with E-state index in [1.807, 2.05) is 6.07 Å². The maximum absolute atomic E-state index is 13.4. The fourth-order valence-corrected chi connectivity index (χ4v) is 1.29. The molecule has 1 rings (SSSR count). The molecular weight excluding hydrogens is 185 g/mol. The molecule has 0 atom stereocenters. The zero-order valence-corrected chi connectivity index (χ0v) is 7.97. The third kappa shape index (κ3) is 1.62. The molecule has 4 heteroatoms. The van der Waals surface area contributed by atoms with Crippen LogP contribution in [0, 0.1) is 24.1 Å². The maximum Gasteiger partial charge on any atom is 0.207 e. The minimum Gasteiger partial charge on any atom is -0.505 e. The molecular formula is C10H10FNO2. The molecule has 0 spiro atoms. The quantitative estimate of drug-likeness (QED) is 0.784. The molecule has 14 heavy (non-hydrogen) atoms. The van der Waals surface area contributed by atoms with Gasteiger partial charge in [-0.25, -0.2) is 0 Å². The zero-order chi connectivity index (χ0) is 10.7. The first-order chi connectivity index (χ1) is 6.61. The van der Waals surface area contributed by atoms with Crippen molar-refractivity contribution in [1.82, 2.24) is 0 Å². The number of halogens is 1. The largest absolute Gasteiger partial charge is 0.505 e. The molecule has 3 nitrogen and oxygen atoms in total. The standard InChI is InChI=1S/C10H10FNO2/c1-6-5-7(3-4-12)9(13)8(11)10(6)14-2/h5,13H,3H2,1-2H3. The van der Waals surface area contributed by atoms with Crippen molar-refractivity contribution >= 4 is 0 Å². The van der Waals surface area contributed by atoms with Gasteiger partial charge in [-0.1, -0.05) is 0 Å². The van der Waals surface area contributed by atoms with Crippen LogP contribution in [0.2, 0.25) is 0 Å². The summed E-state index contributed by atoms with van der Waals surface area (Å²) in [5, 5.41) is 17.8. The molecule has 1 aromatic carbocycles. The second-order valence-corrected chi connectivity index (χ2v) is 2.88. The van der Waals surface area contributed by atoms with E-state index in [1.165, 1.54) is 7.11 Å². The summed E-state index contributed by atoms with van der Waals surface area (Å²) in [6.45, 7) is 1.65. The second kappa shape index (κ2) is 3.97. The molecule has 0 saturated carbocycles. The predicted molar refractivity (Wildman–Crippen MR) is 48.7 cm³/mol. The normalized spacial score (nSPS) is 9.57. The summed E-state index contributed by atoms with van der Waals surface area (Å²) in [6, 6.07) is 3.39. The smallest absolute Gasteiger partial charge is 0.207 e. The Bertz CT molecular complexity index is 396. The van der Waals surface area contributed by atoms with Gasteiger partial charge in [-0.15, -0.1) is 0 Å². The van der Waals surface area contributed by atoms with Crippen LogP contribution in [-0.4, -0.2) is 12.2 Å². The molecule has 0 heterocycles. The van der Waals surface area contributed by atoms with Crippen molar-refractivity contribution in [3.8, 4) is 17.6 Å². The minimum absolute atomic E-state index is 0.0178. The van der Waals surface area contributed by atoms with Gasteiger partial charge in [0.05, 0.1) is 19.6 Å². The highest BCUT2D eigenvalue weighted by molar-refractivity contribution is 5.47. The average molecular weight is 195 g/mol. The van der Waals surface area contributed by atoms with Crippen LogP contribution in [0.25, 0.3) is 0 Å². The Morgan fingerprint density at radius 3 is 2.79 bits per heavy atom. The van der Waals surface area contributed by atoms with Gasteiger partial charge in [0, 0.05) is 5.56 Å². The predicted octanol–water partition coefficient (Wildman–Crippen LogP) is 1.91. The van der Waals surface area contributed by atoms with Gasteiger partial charge < -0.3 is 9.84 Å². The summed E-state index contributed by atoms with van der Waals surface area (Å²) < 4.78 is 18.1. The molecule has 0 radical (unpaired) electrons. The zero-order valence-electron chi connectivity index (χ0n) is 7.97. The monoisotopic (exact) mass is 195 g/mol. The average Bonchev–Trinajstić information content (AvgIpc) is 2.15. The second-order valence-electron chi connectivity index (χ2n) is 2.88. The molecule has 1 N–H and O–H groups in total. The fraction of sp³-hybridized carbons (Fsp3) is 0.300. The van der Waals surface area contributed by atoms with Crippen LogP contribution < -0.4 is 4.74 Å². The Kier molecular flexibility index (Phi) is 2.92. The highest BCUT2D eigenvalue weighted by Crippen LogP contribution is 2.32. The Balaban J connectivity index is 3.34. The summed E-state index contributed by atoms with van der Waals surface area (Å²) in [5.41, 5.74) is 0.844. The van der Waals surface area contributed by atoms with Gasteiger partial charge in [-0.3, -0.25) is 0 Å². The van der Waals surface area contributed by atoms with Crippen LogP contribution in [0.4, 0.5) is 4.39 Å². The Morgan fingerprint density at radius 2 is 2.29 bits per heavy atom. The van der Waals surface area contributed by atoms with Crippen molar-refractivity contribution < 1.29 is 14.2 Å². The maximum atomic E-state index is 13.4. The summed E-state index contributed by atoms with van der Waals surface area (Å²) in [4.78, 5) is 0. The van der Waals surface area contributed by atoms with Crippen molar-refractivity contribution in [1.29, 1.82) is 5.26 Å². The number of methoxy groups -OCH3 is 1. The molecule has 0 aliphatic rings. The molecule has 1 aromatic rings. The number of hydrogen-bond donors (Lipinski definition) is 1. The fourth-order valence-electron chi connectivity index (χ4n) is 1.29. The molecule has 0 amide bonds. The first kappa shape index (κ1) is 10.3. The van der Waals surface area contributed by atoms with E-state index in [4.69, 9.17) is 10.00 Å². The van der Waals surface area contributed by atoms with E-state index in [-0.39, 0.29) is 17.7 Å². The third-order valence-corrected chi connectivity index (χ3v) is 1.93. The minimum atomic E-state index is -0.808. The van der Waals surface area contributed by atoms with Crippen molar-refractivity contribution in [2.24, 2.45) is 0 Å². The number of aromatic hydroxyl groups is 1. The Hall–Kier alpha value is -1.76. The van der Waals surface area contributed by atoms with Gasteiger partial charge in [0.15, 0.2) is 11.5 Å². The highest BCUT2D eigenvalue weighted by atomic mass is 19.1. The van der Waals surface area contributed by atoms with Crippen molar-refractivity contribution in [3.05, 3.63) is 23.0 Å². The van der Waals surface area contributed by atoms with Gasteiger partial charge >= 0.3 is 0 Å². The number of nitrogens with zero attached hydrogens (tertiary/aromatic N) is 1. The topological polar surface area (TPSA) is 53.2 Å². The van der Waals surface area contributed by atoms with Crippen LogP contribution >= 0.6 is 0 Å². The molecule has 0 aliphatic carbocycles. The number of ether oxygens (including phenoxy) is 1. The number of phenols is 1. The van der Waals surface area contributed by atoms with Gasteiger partial charge in [0.25, 0.3) is 0 Å². The summed E-state index contributed by atoms with van der Waals surface area (Å²) in [5.74, 6) is -1.30. The molecule has 0 fully saturated rings. The van der Waals surface area contributed by atoms with E-state index in [0.717, 1.165) is 0 Å². The van der Waals surface area contributed by atoms with E-state index < -0.39 is 11.6 Å². The van der Waals surface area contributed by atoms with Gasteiger partial charge in [0.1, 0.15) is 0 Å². The van der Waals surface area contributed by atoms with E-state index >= 15 is 0 Å². The number of hydrogen-bond acceptors (Lipinski definition) is 3. The van der Waals surface area contributed by atoms with Crippen molar-refractivity contribution in [2.45, 2.75) is 13.3 Å². The highest BCUT2D eigenvalue weighted by Gasteiger charge is 2.15. The first-order valence-corrected chi connectivity index (χ1v) is 4.03. The number of aryl methyl sites for hydroxylation is 1. The molecule has 0 aliphatic heterocycles. The van der Waals surface area contributed by atoms with Gasteiger partial charge in [-0.2, -0.15) is 9.65 Å². The van der Waals surface area contributed by atoms with E-state index in [0.29, 0.717) is 5.56 Å². The number of rotatable bonds is 2. The van der Waals surface area contributed by atoms with Crippen LogP contribution in [-0.2, 0) is 6.42 Å². The van der Waals surface area contributed by atoms with Crippen molar-refractivity contribution in [2.75, 3.05) is 7.11 Å². The van der Waals surface area contributed by atoms with E-state index in [9.17, 15) is 9.50 Å². The van der Waals surface area contributed by atoms with E-state index in [1.54, 1.807) is 13.0 Å². The van der Waals surface area contributed by atoms with Crippen LogP contribution in [0.15, 0.2) is 6.07 Å². The van der Waals surface area contributed by atoms with Gasteiger partial charge in [0.2, 0.25) is 5.82 Å². The molecule has 0 bridgehead atoms. The molecule has 0 unspecified atom stereocenters. The van der Waals surface area contributed by atoms with E-state index in [2.05, 4.69) is 0 Å². The SMILES string of the molecule is COc1c(C)cc(CC#N)c(O)c1F. The Labute approximate surface area is 81.4 Å². The van der Waals surface area contributed by atoms with Crippen LogP contribution in [0.5, 0.6) is 11.5 Å². The summed E-state index contributed by atoms with van der Waals surface area (Å²) in [7, 11) is 1.33.